The van der Waals surface area contributed by atoms with E-state index in [0.717, 1.165) is 5.01 Å². The maximum atomic E-state index is 11.3. The number of guanidine groups is 1. The normalized spacial score (nSPS) is 10.3. The van der Waals surface area contributed by atoms with Crippen LogP contribution < -0.4 is 16.8 Å². The standard InChI is InChI=1S/C10H12N6O2S2/c1-4-13-7(8(20-4)15-6(18)2-17)5-3-19-10(14-5)16-9(11)12/h3,17H,2H2,1H3,(H,15,18)(H4,11,12,14,16). The van der Waals surface area contributed by atoms with Gasteiger partial charge in [0.15, 0.2) is 5.96 Å². The Balaban J connectivity index is 2.34. The van der Waals surface area contributed by atoms with Crippen LogP contribution in [0.25, 0.3) is 11.4 Å². The lowest BCUT2D eigenvalue weighted by Gasteiger charge is -2.00. The SMILES string of the molecule is Cc1nc(-c2csc(N=C(N)N)n2)c(NC(=O)CO)s1. The molecule has 0 unspecified atom stereocenters. The second-order valence-electron chi connectivity index (χ2n) is 3.67. The van der Waals surface area contributed by atoms with Crippen molar-refractivity contribution < 1.29 is 9.90 Å². The quantitative estimate of drug-likeness (QED) is 0.476. The summed E-state index contributed by atoms with van der Waals surface area (Å²) in [4.78, 5) is 23.7. The summed E-state index contributed by atoms with van der Waals surface area (Å²) in [7, 11) is 0. The minimum atomic E-state index is -0.591. The summed E-state index contributed by atoms with van der Waals surface area (Å²) in [6.45, 7) is 1.22. The van der Waals surface area contributed by atoms with Crippen molar-refractivity contribution in [3.8, 4) is 11.4 Å². The first-order valence-electron chi connectivity index (χ1n) is 5.43. The van der Waals surface area contributed by atoms with E-state index in [4.69, 9.17) is 16.6 Å². The molecule has 0 saturated carbocycles. The van der Waals surface area contributed by atoms with Crippen molar-refractivity contribution in [2.75, 3.05) is 11.9 Å². The molecule has 0 bridgehead atoms. The summed E-state index contributed by atoms with van der Waals surface area (Å²) in [5.41, 5.74) is 11.7. The van der Waals surface area contributed by atoms with Crippen molar-refractivity contribution in [1.82, 2.24) is 9.97 Å². The first-order valence-corrected chi connectivity index (χ1v) is 7.13. The van der Waals surface area contributed by atoms with Crippen LogP contribution in [0, 0.1) is 6.92 Å². The van der Waals surface area contributed by atoms with Gasteiger partial charge < -0.3 is 21.9 Å². The first-order chi connectivity index (χ1) is 9.49. The third kappa shape index (κ3) is 3.29. The highest BCUT2D eigenvalue weighted by molar-refractivity contribution is 7.16. The summed E-state index contributed by atoms with van der Waals surface area (Å²) in [6.07, 6.45) is 0. The van der Waals surface area contributed by atoms with Gasteiger partial charge in [0.1, 0.15) is 23.0 Å². The number of amides is 1. The van der Waals surface area contributed by atoms with E-state index in [2.05, 4.69) is 20.3 Å². The summed E-state index contributed by atoms with van der Waals surface area (Å²) in [6, 6.07) is 0. The van der Waals surface area contributed by atoms with Gasteiger partial charge in [0.25, 0.3) is 5.91 Å². The number of aliphatic imine (C=N–C) groups is 1. The van der Waals surface area contributed by atoms with Crippen molar-refractivity contribution in [3.05, 3.63) is 10.4 Å². The van der Waals surface area contributed by atoms with Crippen LogP contribution in [0.15, 0.2) is 10.4 Å². The van der Waals surface area contributed by atoms with Crippen LogP contribution in [0.2, 0.25) is 0 Å². The Morgan fingerprint density at radius 3 is 2.90 bits per heavy atom. The van der Waals surface area contributed by atoms with Crippen molar-refractivity contribution in [2.24, 2.45) is 16.5 Å². The summed E-state index contributed by atoms with van der Waals surface area (Å²) in [5, 5.41) is 14.8. The number of aromatic nitrogens is 2. The van der Waals surface area contributed by atoms with Crippen molar-refractivity contribution in [3.63, 3.8) is 0 Å². The van der Waals surface area contributed by atoms with Gasteiger partial charge in [0, 0.05) is 5.38 Å². The second kappa shape index (κ2) is 5.94. The molecular weight excluding hydrogens is 300 g/mol. The zero-order valence-corrected chi connectivity index (χ0v) is 12.1. The molecule has 1 amide bonds. The van der Waals surface area contributed by atoms with E-state index in [9.17, 15) is 4.79 Å². The number of nitrogens with zero attached hydrogens (tertiary/aromatic N) is 3. The van der Waals surface area contributed by atoms with E-state index in [-0.39, 0.29) is 5.96 Å². The number of thiazole rings is 2. The first kappa shape index (κ1) is 14.4. The van der Waals surface area contributed by atoms with Crippen LogP contribution in [0.3, 0.4) is 0 Å². The van der Waals surface area contributed by atoms with Gasteiger partial charge in [-0.15, -0.1) is 22.7 Å². The fourth-order valence-corrected chi connectivity index (χ4v) is 2.92. The molecule has 0 fully saturated rings. The number of rotatable bonds is 4. The molecule has 10 heteroatoms. The van der Waals surface area contributed by atoms with Gasteiger partial charge >= 0.3 is 0 Å². The highest BCUT2D eigenvalue weighted by atomic mass is 32.1. The van der Waals surface area contributed by atoms with E-state index in [0.29, 0.717) is 21.5 Å². The van der Waals surface area contributed by atoms with Crippen molar-refractivity contribution in [1.29, 1.82) is 0 Å². The molecule has 8 nitrogen and oxygen atoms in total. The van der Waals surface area contributed by atoms with Crippen LogP contribution in [-0.2, 0) is 4.79 Å². The number of anilines is 1. The van der Waals surface area contributed by atoms with Gasteiger partial charge in [-0.1, -0.05) is 0 Å². The monoisotopic (exact) mass is 312 g/mol. The zero-order chi connectivity index (χ0) is 14.7. The number of nitrogens with two attached hydrogens (primary N) is 2. The lowest BCUT2D eigenvalue weighted by molar-refractivity contribution is -0.118. The van der Waals surface area contributed by atoms with Crippen LogP contribution in [-0.4, -0.2) is 33.5 Å². The second-order valence-corrected chi connectivity index (χ2v) is 5.71. The minimum absolute atomic E-state index is 0.0748. The zero-order valence-electron chi connectivity index (χ0n) is 10.5. The van der Waals surface area contributed by atoms with Gasteiger partial charge in [-0.3, -0.25) is 4.79 Å². The molecule has 0 spiro atoms. The number of hydrogen-bond donors (Lipinski definition) is 4. The summed E-state index contributed by atoms with van der Waals surface area (Å²) in [5.74, 6) is -0.580. The predicted octanol–water partition coefficient (Wildman–Crippen LogP) is 0.411. The molecule has 0 aromatic carbocycles. The highest BCUT2D eigenvalue weighted by Crippen LogP contribution is 2.35. The average Bonchev–Trinajstić information content (AvgIpc) is 2.95. The van der Waals surface area contributed by atoms with Gasteiger partial charge in [-0.2, -0.15) is 4.99 Å². The number of nitrogens with one attached hydrogen (secondary N) is 1. The topological polar surface area (TPSA) is 140 Å². The Morgan fingerprint density at radius 1 is 1.50 bits per heavy atom. The molecule has 20 heavy (non-hydrogen) atoms. The molecule has 2 rings (SSSR count). The number of hydrogen-bond acceptors (Lipinski definition) is 7. The molecule has 0 atom stereocenters. The fourth-order valence-electron chi connectivity index (χ4n) is 1.39. The number of carbonyl (C=O) groups is 1. The fraction of sp³-hybridized carbons (Fsp3) is 0.200. The van der Waals surface area contributed by atoms with Gasteiger partial charge in [-0.25, -0.2) is 9.97 Å². The third-order valence-electron chi connectivity index (χ3n) is 2.09. The highest BCUT2D eigenvalue weighted by Gasteiger charge is 2.16. The van der Waals surface area contributed by atoms with Crippen molar-refractivity contribution >= 4 is 44.7 Å². The number of carbonyl (C=O) groups excluding carboxylic acids is 1. The number of aliphatic hydroxyl groups excluding tert-OH is 1. The van der Waals surface area contributed by atoms with Crippen LogP contribution in [0.5, 0.6) is 0 Å². The van der Waals surface area contributed by atoms with E-state index in [1.807, 2.05) is 6.92 Å². The van der Waals surface area contributed by atoms with Gasteiger partial charge in [0.05, 0.1) is 5.01 Å². The number of aliphatic hydroxyl groups is 1. The largest absolute Gasteiger partial charge is 0.387 e. The average molecular weight is 312 g/mol. The molecule has 0 aliphatic rings. The summed E-state index contributed by atoms with van der Waals surface area (Å²) >= 11 is 2.56. The molecule has 0 saturated heterocycles. The summed E-state index contributed by atoms with van der Waals surface area (Å²) < 4.78 is 0. The minimum Gasteiger partial charge on any atom is -0.387 e. The van der Waals surface area contributed by atoms with Gasteiger partial charge in [0.2, 0.25) is 5.13 Å². The van der Waals surface area contributed by atoms with E-state index >= 15 is 0 Å². The van der Waals surface area contributed by atoms with Crippen LogP contribution in [0.4, 0.5) is 10.1 Å². The number of aryl methyl sites for hydroxylation is 1. The lowest BCUT2D eigenvalue weighted by atomic mass is 10.3. The maximum absolute atomic E-state index is 11.3. The van der Waals surface area contributed by atoms with Crippen LogP contribution >= 0.6 is 22.7 Å². The third-order valence-corrected chi connectivity index (χ3v) is 3.71. The molecule has 2 aromatic heterocycles. The predicted molar refractivity (Wildman–Crippen MR) is 79.1 cm³/mol. The molecule has 0 radical (unpaired) electrons. The molecule has 0 aliphatic heterocycles. The van der Waals surface area contributed by atoms with E-state index in [1.165, 1.54) is 22.7 Å². The van der Waals surface area contributed by atoms with Gasteiger partial charge in [-0.05, 0) is 6.92 Å². The Bertz CT molecular complexity index is 659. The van der Waals surface area contributed by atoms with Crippen LogP contribution in [0.1, 0.15) is 5.01 Å². The maximum Gasteiger partial charge on any atom is 0.250 e. The Kier molecular flexibility index (Phi) is 4.27. The smallest absolute Gasteiger partial charge is 0.250 e. The molecule has 2 aromatic rings. The molecule has 106 valence electrons. The van der Waals surface area contributed by atoms with E-state index in [1.54, 1.807) is 5.38 Å². The lowest BCUT2D eigenvalue weighted by Crippen LogP contribution is -2.21. The molecule has 0 aliphatic carbocycles. The Labute approximate surface area is 122 Å². The molecule has 2 heterocycles. The molecular formula is C10H12N6O2S2. The molecule has 6 N–H and O–H groups in total. The van der Waals surface area contributed by atoms with E-state index < -0.39 is 12.5 Å². The Morgan fingerprint density at radius 2 is 2.25 bits per heavy atom. The van der Waals surface area contributed by atoms with Crippen molar-refractivity contribution in [2.45, 2.75) is 6.92 Å². The Hall–Kier alpha value is -2.04.